The summed E-state index contributed by atoms with van der Waals surface area (Å²) in [4.78, 5) is 13.9. The molecule has 1 amide bonds. The average Bonchev–Trinajstić information content (AvgIpc) is 2.42. The van der Waals surface area contributed by atoms with Gasteiger partial charge in [0.05, 0.1) is 11.0 Å². The van der Waals surface area contributed by atoms with E-state index in [-0.39, 0.29) is 42.5 Å². The van der Waals surface area contributed by atoms with E-state index in [0.717, 1.165) is 11.3 Å². The topological polar surface area (TPSA) is 29.5 Å². The van der Waals surface area contributed by atoms with Crippen molar-refractivity contribution in [1.82, 2.24) is 4.90 Å². The van der Waals surface area contributed by atoms with Crippen LogP contribution in [0.5, 0.6) is 5.75 Å². The summed E-state index contributed by atoms with van der Waals surface area (Å²) in [5, 5.41) is 0.569. The molecule has 0 saturated carbocycles. The molecular weight excluding hydrogens is 465 g/mol. The molecule has 1 aromatic rings. The number of hydrogen-bond acceptors (Lipinski definition) is 2. The number of methoxy groups -OCH3 is 1. The molecule has 3 nitrogen and oxygen atoms in total. The molecule has 105 valence electrons. The van der Waals surface area contributed by atoms with Crippen molar-refractivity contribution in [3.63, 3.8) is 0 Å². The molecule has 1 heterocycles. The Morgan fingerprint density at radius 2 is 2.25 bits per heavy atom. The number of nitrogens with zero attached hydrogens (tertiary/aromatic N) is 1. The van der Waals surface area contributed by atoms with Gasteiger partial charge in [-0.3, -0.25) is 4.79 Å². The zero-order valence-corrected chi connectivity index (χ0v) is 17.1. The van der Waals surface area contributed by atoms with Crippen LogP contribution in [0.15, 0.2) is 18.2 Å². The van der Waals surface area contributed by atoms with Gasteiger partial charge in [0.25, 0.3) is 0 Å². The van der Waals surface area contributed by atoms with Gasteiger partial charge in [-0.05, 0) is 24.1 Å². The van der Waals surface area contributed by atoms with Crippen molar-refractivity contribution in [2.24, 2.45) is 0 Å². The number of halogens is 2. The Hall–Kier alpha value is 0.354. The smallest absolute Gasteiger partial charge is 0.235 e. The van der Waals surface area contributed by atoms with Gasteiger partial charge in [0, 0.05) is 39.3 Å². The Kier molecular flexibility index (Phi) is 7.46. The molecule has 6 heteroatoms. The van der Waals surface area contributed by atoms with Gasteiger partial charge in [-0.1, -0.05) is 29.0 Å². The number of rotatable bonds is 3. The van der Waals surface area contributed by atoms with Crippen LogP contribution in [0.2, 0.25) is 5.02 Å². The number of alkyl halides is 1. The third-order valence-corrected chi connectivity index (χ3v) is 4.29. The zero-order valence-electron chi connectivity index (χ0n) is 11.3. The van der Waals surface area contributed by atoms with E-state index in [9.17, 15) is 4.79 Å². The molecule has 1 aromatic carbocycles. The maximum absolute atomic E-state index is 12.2. The van der Waals surface area contributed by atoms with Crippen LogP contribution in [-0.4, -0.2) is 28.4 Å². The fraction of sp³-hybridized carbons (Fsp3) is 0.357. The summed E-state index contributed by atoms with van der Waals surface area (Å²) in [6, 6.07) is 5.46. The molecule has 0 spiro atoms. The largest absolute Gasteiger partial charge is 0.497 e. The molecule has 2 rings (SSSR count). The van der Waals surface area contributed by atoms with Gasteiger partial charge < -0.3 is 9.64 Å². The first-order valence-corrected chi connectivity index (χ1v) is 7.61. The van der Waals surface area contributed by atoms with Crippen LogP contribution in [-0.2, 0) is 37.5 Å². The standard InChI is InChI=1S/C14H14ClINO2.Y/c1-3-17-13(7-6-12(16)14(17)18)10-5-4-9(19-2)8-11(10)15;/h4-5,8,12H,3,6H2,1-2H3;/q-1;. The molecule has 1 unspecified atom stereocenters. The first-order valence-electron chi connectivity index (χ1n) is 5.98. The van der Waals surface area contributed by atoms with Crippen LogP contribution in [0.25, 0.3) is 5.70 Å². The van der Waals surface area contributed by atoms with Gasteiger partial charge >= 0.3 is 0 Å². The number of benzene rings is 1. The van der Waals surface area contributed by atoms with Gasteiger partial charge in [-0.2, -0.15) is 0 Å². The molecule has 0 bridgehead atoms. The monoisotopic (exact) mass is 479 g/mol. The molecule has 20 heavy (non-hydrogen) atoms. The molecule has 0 aromatic heterocycles. The van der Waals surface area contributed by atoms with Crippen molar-refractivity contribution in [2.75, 3.05) is 13.7 Å². The van der Waals surface area contributed by atoms with Gasteiger partial charge in [0.2, 0.25) is 5.91 Å². The Bertz CT molecular complexity index is 536. The van der Waals surface area contributed by atoms with E-state index in [0.29, 0.717) is 23.7 Å². The average molecular weight is 480 g/mol. The number of amides is 1. The molecular formula is C14H14ClINO2Y-. The summed E-state index contributed by atoms with van der Waals surface area (Å²) >= 11 is 8.42. The fourth-order valence-electron chi connectivity index (χ4n) is 2.02. The van der Waals surface area contributed by atoms with E-state index in [1.54, 1.807) is 18.1 Å². The van der Waals surface area contributed by atoms with E-state index < -0.39 is 0 Å². The number of carbonyl (C=O) groups excluding carboxylic acids is 1. The normalized spacial score (nSPS) is 18.4. The summed E-state index contributed by atoms with van der Waals surface area (Å²) in [6.45, 7) is 2.56. The summed E-state index contributed by atoms with van der Waals surface area (Å²) in [7, 11) is 1.60. The van der Waals surface area contributed by atoms with Crippen LogP contribution in [0.1, 0.15) is 18.9 Å². The molecule has 1 radical (unpaired) electrons. The molecule has 0 N–H and O–H groups in total. The van der Waals surface area contributed by atoms with E-state index in [1.165, 1.54) is 0 Å². The number of hydrogen-bond donors (Lipinski definition) is 0. The number of carbonyl (C=O) groups is 1. The van der Waals surface area contributed by atoms with E-state index in [4.69, 9.17) is 16.3 Å². The summed E-state index contributed by atoms with van der Waals surface area (Å²) in [5.41, 5.74) is 1.59. The maximum atomic E-state index is 12.2. The zero-order chi connectivity index (χ0) is 14.0. The van der Waals surface area contributed by atoms with Crippen molar-refractivity contribution in [3.05, 3.63) is 34.9 Å². The summed E-state index contributed by atoms with van der Waals surface area (Å²) < 4.78 is 5.09. The van der Waals surface area contributed by atoms with E-state index >= 15 is 0 Å². The first kappa shape index (κ1) is 18.4. The van der Waals surface area contributed by atoms with Crippen molar-refractivity contribution in [1.29, 1.82) is 0 Å². The minimum atomic E-state index is -0.0432. The predicted octanol–water partition coefficient (Wildman–Crippen LogP) is 3.55. The molecule has 0 aliphatic carbocycles. The van der Waals surface area contributed by atoms with Crippen molar-refractivity contribution >= 4 is 45.8 Å². The first-order chi connectivity index (χ1) is 9.08. The van der Waals surface area contributed by atoms with E-state index in [1.807, 2.05) is 19.1 Å². The van der Waals surface area contributed by atoms with Crippen LogP contribution in [0.4, 0.5) is 0 Å². The number of allylic oxidation sites excluding steroid dienone is 1. The van der Waals surface area contributed by atoms with Crippen LogP contribution >= 0.6 is 34.2 Å². The van der Waals surface area contributed by atoms with Crippen LogP contribution in [0.3, 0.4) is 0 Å². The summed E-state index contributed by atoms with van der Waals surface area (Å²) in [5.74, 6) is 0.815. The minimum absolute atomic E-state index is 0. The quantitative estimate of drug-likeness (QED) is 0.377. The SMILES string of the molecule is CCN1C(=O)C(I)C[C-]=C1c1ccc(OC)cc1Cl.[Y]. The molecule has 1 atom stereocenters. The minimum Gasteiger partial charge on any atom is -0.497 e. The third-order valence-electron chi connectivity index (χ3n) is 3.00. The molecule has 0 saturated heterocycles. The molecule has 1 aliphatic heterocycles. The summed E-state index contributed by atoms with van der Waals surface area (Å²) in [6.07, 6.45) is 3.90. The molecule has 1 aliphatic rings. The number of ether oxygens (including phenoxy) is 1. The van der Waals surface area contributed by atoms with Crippen LogP contribution < -0.4 is 4.74 Å². The van der Waals surface area contributed by atoms with Gasteiger partial charge in [0.15, 0.2) is 0 Å². The molecule has 0 fully saturated rings. The third kappa shape index (κ3) is 3.76. The predicted molar refractivity (Wildman–Crippen MR) is 84.5 cm³/mol. The second-order valence-electron chi connectivity index (χ2n) is 4.13. The fourth-order valence-corrected chi connectivity index (χ4v) is 2.83. The van der Waals surface area contributed by atoms with Gasteiger partial charge in [-0.15, -0.1) is 28.9 Å². The van der Waals surface area contributed by atoms with Crippen molar-refractivity contribution < 1.29 is 42.2 Å². The Morgan fingerprint density at radius 1 is 1.55 bits per heavy atom. The Labute approximate surface area is 163 Å². The van der Waals surface area contributed by atoms with Gasteiger partial charge in [0.1, 0.15) is 5.75 Å². The van der Waals surface area contributed by atoms with Gasteiger partial charge in [-0.25, -0.2) is 6.08 Å². The maximum Gasteiger partial charge on any atom is 0.235 e. The second-order valence-corrected chi connectivity index (χ2v) is 6.04. The Morgan fingerprint density at radius 3 is 2.80 bits per heavy atom. The van der Waals surface area contributed by atoms with Crippen LogP contribution in [0, 0.1) is 6.08 Å². The van der Waals surface area contributed by atoms with Crippen molar-refractivity contribution in [2.45, 2.75) is 17.3 Å². The van der Waals surface area contributed by atoms with E-state index in [2.05, 4.69) is 28.7 Å². The second kappa shape index (κ2) is 8.11. The van der Waals surface area contributed by atoms with Crippen molar-refractivity contribution in [3.8, 4) is 5.75 Å². The Balaban J connectivity index is 0.00000200.